The summed E-state index contributed by atoms with van der Waals surface area (Å²) in [5.41, 5.74) is 6.59. The van der Waals surface area contributed by atoms with E-state index in [1.54, 1.807) is 30.5 Å². The molecule has 1 aromatic heterocycles. The predicted molar refractivity (Wildman–Crippen MR) is 108 cm³/mol. The zero-order chi connectivity index (χ0) is 20.6. The van der Waals surface area contributed by atoms with Gasteiger partial charge < -0.3 is 9.15 Å². The molecule has 0 saturated heterocycles. The fourth-order valence-electron chi connectivity index (χ4n) is 2.42. The summed E-state index contributed by atoms with van der Waals surface area (Å²) in [5, 5.41) is 0.636. The van der Waals surface area contributed by atoms with Gasteiger partial charge >= 0.3 is 0 Å². The number of nitrogens with one attached hydrogen (secondary N) is 2. The summed E-state index contributed by atoms with van der Waals surface area (Å²) in [4.78, 5) is 27.8. The third-order valence-corrected chi connectivity index (χ3v) is 4.23. The Balaban J connectivity index is 1.38. The number of carbonyl (C=O) groups excluding carboxylic acids is 2. The number of hydrazine groups is 1. The van der Waals surface area contributed by atoms with Crippen molar-refractivity contribution in [2.24, 2.45) is 0 Å². The molecule has 3 rings (SSSR count). The first kappa shape index (κ1) is 20.4. The van der Waals surface area contributed by atoms with Gasteiger partial charge in [0.1, 0.15) is 5.75 Å². The van der Waals surface area contributed by atoms with Gasteiger partial charge in [-0.3, -0.25) is 20.4 Å². The molecule has 0 saturated carbocycles. The Labute approximate surface area is 173 Å². The third-order valence-electron chi connectivity index (χ3n) is 3.98. The Morgan fingerprint density at radius 2 is 1.72 bits per heavy atom. The van der Waals surface area contributed by atoms with E-state index in [9.17, 15) is 9.59 Å². The SMILES string of the molecule is Cc1ccc(OCC(=O)NNC(=O)CCc2ncc(-c3ccc(Cl)cc3)o2)cc1. The first-order chi connectivity index (χ1) is 14.0. The molecule has 0 aliphatic rings. The number of halogens is 1. The number of aryl methyl sites for hydroxylation is 2. The van der Waals surface area contributed by atoms with Gasteiger partial charge in [0.05, 0.1) is 6.20 Å². The number of benzene rings is 2. The van der Waals surface area contributed by atoms with E-state index in [0.29, 0.717) is 28.8 Å². The largest absolute Gasteiger partial charge is 0.484 e. The number of hydrogen-bond donors (Lipinski definition) is 2. The van der Waals surface area contributed by atoms with Crippen LogP contribution in [0.1, 0.15) is 17.9 Å². The Bertz CT molecular complexity index is 968. The molecule has 8 heteroatoms. The minimum Gasteiger partial charge on any atom is -0.484 e. The molecule has 0 spiro atoms. The molecule has 0 atom stereocenters. The van der Waals surface area contributed by atoms with Crippen molar-refractivity contribution in [3.63, 3.8) is 0 Å². The standard InChI is InChI=1S/C21H20ClN3O4/c1-14-2-8-17(9-3-14)28-13-20(27)25-24-19(26)10-11-21-23-12-18(29-21)15-4-6-16(22)7-5-15/h2-9,12H,10-11,13H2,1H3,(H,24,26)(H,25,27). The van der Waals surface area contributed by atoms with Crippen LogP contribution in [0.25, 0.3) is 11.3 Å². The summed E-state index contributed by atoms with van der Waals surface area (Å²) in [6.07, 6.45) is 2.01. The number of carbonyl (C=O) groups is 2. The number of amides is 2. The number of hydrogen-bond acceptors (Lipinski definition) is 5. The van der Waals surface area contributed by atoms with E-state index in [1.165, 1.54) is 0 Å². The summed E-state index contributed by atoms with van der Waals surface area (Å²) >= 11 is 5.87. The normalized spacial score (nSPS) is 10.4. The average Bonchev–Trinajstić information content (AvgIpc) is 3.20. The van der Waals surface area contributed by atoms with Gasteiger partial charge in [-0.2, -0.15) is 0 Å². The zero-order valence-corrected chi connectivity index (χ0v) is 16.5. The van der Waals surface area contributed by atoms with Crippen LogP contribution >= 0.6 is 11.6 Å². The maximum Gasteiger partial charge on any atom is 0.276 e. The fraction of sp³-hybridized carbons (Fsp3) is 0.190. The van der Waals surface area contributed by atoms with Gasteiger partial charge in [-0.05, 0) is 43.3 Å². The van der Waals surface area contributed by atoms with Gasteiger partial charge in [-0.1, -0.05) is 29.3 Å². The number of rotatable bonds is 7. The van der Waals surface area contributed by atoms with Crippen LogP contribution in [0.3, 0.4) is 0 Å². The summed E-state index contributed by atoms with van der Waals surface area (Å²) in [5.74, 6) is 0.787. The first-order valence-electron chi connectivity index (χ1n) is 8.97. The van der Waals surface area contributed by atoms with Crippen molar-refractivity contribution < 1.29 is 18.7 Å². The number of aromatic nitrogens is 1. The smallest absolute Gasteiger partial charge is 0.276 e. The van der Waals surface area contributed by atoms with Crippen LogP contribution in [-0.2, 0) is 16.0 Å². The Morgan fingerprint density at radius 1 is 1.03 bits per heavy atom. The van der Waals surface area contributed by atoms with Gasteiger partial charge in [-0.25, -0.2) is 4.98 Å². The summed E-state index contributed by atoms with van der Waals surface area (Å²) in [7, 11) is 0. The molecule has 0 aliphatic heterocycles. The second-order valence-electron chi connectivity index (χ2n) is 6.32. The minimum atomic E-state index is -0.458. The van der Waals surface area contributed by atoms with Crippen LogP contribution in [0, 0.1) is 6.92 Å². The van der Waals surface area contributed by atoms with E-state index in [2.05, 4.69) is 15.8 Å². The van der Waals surface area contributed by atoms with Crippen LogP contribution in [0.5, 0.6) is 5.75 Å². The monoisotopic (exact) mass is 413 g/mol. The average molecular weight is 414 g/mol. The summed E-state index contributed by atoms with van der Waals surface area (Å²) < 4.78 is 11.0. The molecular formula is C21H20ClN3O4. The second kappa shape index (κ2) is 9.75. The van der Waals surface area contributed by atoms with Gasteiger partial charge in [0.2, 0.25) is 5.91 Å². The molecule has 0 bridgehead atoms. The molecule has 7 nitrogen and oxygen atoms in total. The van der Waals surface area contributed by atoms with Gasteiger partial charge in [-0.15, -0.1) is 0 Å². The molecule has 1 heterocycles. The van der Waals surface area contributed by atoms with E-state index >= 15 is 0 Å². The highest BCUT2D eigenvalue weighted by molar-refractivity contribution is 6.30. The van der Waals surface area contributed by atoms with Crippen molar-refractivity contribution in [3.05, 3.63) is 71.2 Å². The lowest BCUT2D eigenvalue weighted by Crippen LogP contribution is -2.43. The number of nitrogens with zero attached hydrogens (tertiary/aromatic N) is 1. The second-order valence-corrected chi connectivity index (χ2v) is 6.76. The van der Waals surface area contributed by atoms with Crippen molar-refractivity contribution in [2.45, 2.75) is 19.8 Å². The maximum atomic E-state index is 11.9. The van der Waals surface area contributed by atoms with E-state index < -0.39 is 5.91 Å². The van der Waals surface area contributed by atoms with E-state index in [1.807, 2.05) is 31.2 Å². The highest BCUT2D eigenvalue weighted by Crippen LogP contribution is 2.22. The van der Waals surface area contributed by atoms with Crippen molar-refractivity contribution in [2.75, 3.05) is 6.61 Å². The summed E-state index contributed by atoms with van der Waals surface area (Å²) in [6, 6.07) is 14.5. The molecule has 3 aromatic rings. The lowest BCUT2D eigenvalue weighted by atomic mass is 10.2. The molecule has 2 amide bonds. The van der Waals surface area contributed by atoms with Crippen LogP contribution in [0.4, 0.5) is 0 Å². The highest BCUT2D eigenvalue weighted by Gasteiger charge is 2.10. The van der Waals surface area contributed by atoms with E-state index in [-0.39, 0.29) is 18.9 Å². The zero-order valence-electron chi connectivity index (χ0n) is 15.8. The Morgan fingerprint density at radius 3 is 2.45 bits per heavy atom. The topological polar surface area (TPSA) is 93.5 Å². The first-order valence-corrected chi connectivity index (χ1v) is 9.35. The molecule has 0 unspecified atom stereocenters. The molecule has 2 N–H and O–H groups in total. The molecule has 2 aromatic carbocycles. The van der Waals surface area contributed by atoms with Crippen LogP contribution < -0.4 is 15.6 Å². The molecule has 29 heavy (non-hydrogen) atoms. The molecule has 150 valence electrons. The molecular weight excluding hydrogens is 394 g/mol. The van der Waals surface area contributed by atoms with Gasteiger partial charge in [0.25, 0.3) is 5.91 Å². The number of ether oxygens (including phenoxy) is 1. The Kier molecular flexibility index (Phi) is 6.86. The molecule has 0 aliphatic carbocycles. The van der Waals surface area contributed by atoms with Gasteiger partial charge in [0.15, 0.2) is 18.3 Å². The molecule has 0 radical (unpaired) electrons. The lowest BCUT2D eigenvalue weighted by molar-refractivity contribution is -0.130. The third kappa shape index (κ3) is 6.36. The van der Waals surface area contributed by atoms with Crippen LogP contribution in [0.2, 0.25) is 5.02 Å². The van der Waals surface area contributed by atoms with E-state index in [4.69, 9.17) is 20.8 Å². The fourth-order valence-corrected chi connectivity index (χ4v) is 2.54. The summed E-state index contributed by atoms with van der Waals surface area (Å²) in [6.45, 7) is 1.76. The van der Waals surface area contributed by atoms with Crippen molar-refractivity contribution in [1.29, 1.82) is 0 Å². The maximum absolute atomic E-state index is 11.9. The van der Waals surface area contributed by atoms with Gasteiger partial charge in [0, 0.05) is 23.4 Å². The Hall–Kier alpha value is -3.32. The van der Waals surface area contributed by atoms with Crippen molar-refractivity contribution in [3.8, 4) is 17.1 Å². The molecule has 0 fully saturated rings. The van der Waals surface area contributed by atoms with Crippen LogP contribution in [0.15, 0.2) is 59.1 Å². The van der Waals surface area contributed by atoms with Crippen molar-refractivity contribution in [1.82, 2.24) is 15.8 Å². The van der Waals surface area contributed by atoms with Crippen molar-refractivity contribution >= 4 is 23.4 Å². The highest BCUT2D eigenvalue weighted by atomic mass is 35.5. The van der Waals surface area contributed by atoms with Crippen LogP contribution in [-0.4, -0.2) is 23.4 Å². The number of oxazole rings is 1. The van der Waals surface area contributed by atoms with E-state index in [0.717, 1.165) is 11.1 Å². The lowest BCUT2D eigenvalue weighted by Gasteiger charge is -2.08. The minimum absolute atomic E-state index is 0.111. The quantitative estimate of drug-likeness (QED) is 0.578. The predicted octanol–water partition coefficient (Wildman–Crippen LogP) is 3.46.